The monoisotopic (exact) mass is 437 g/mol. The lowest BCUT2D eigenvalue weighted by molar-refractivity contribution is -0.157. The van der Waals surface area contributed by atoms with Crippen LogP contribution in [0.5, 0.6) is 0 Å². The highest BCUT2D eigenvalue weighted by molar-refractivity contribution is 5.96. The smallest absolute Gasteiger partial charge is 0.246 e. The summed E-state index contributed by atoms with van der Waals surface area (Å²) in [4.78, 5) is 68.1. The van der Waals surface area contributed by atoms with Gasteiger partial charge in [-0.1, -0.05) is 27.7 Å². The van der Waals surface area contributed by atoms with Crippen molar-refractivity contribution >= 4 is 29.5 Å². The summed E-state index contributed by atoms with van der Waals surface area (Å²) < 4.78 is 0. The van der Waals surface area contributed by atoms with E-state index < -0.39 is 29.8 Å². The molecule has 174 valence electrons. The maximum absolute atomic E-state index is 13.5. The lowest BCUT2D eigenvalue weighted by atomic mass is 9.95. The van der Waals surface area contributed by atoms with Gasteiger partial charge in [-0.2, -0.15) is 0 Å². The summed E-state index contributed by atoms with van der Waals surface area (Å²) in [5, 5.41) is 5.05. The van der Waals surface area contributed by atoms with Gasteiger partial charge in [0.1, 0.15) is 12.1 Å². The van der Waals surface area contributed by atoms with Gasteiger partial charge in [0.05, 0.1) is 19.6 Å². The van der Waals surface area contributed by atoms with Gasteiger partial charge < -0.3 is 25.3 Å². The fourth-order valence-corrected chi connectivity index (χ4v) is 3.95. The molecule has 2 atom stereocenters. The lowest BCUT2D eigenvalue weighted by Crippen LogP contribution is -2.64. The van der Waals surface area contributed by atoms with Crippen LogP contribution >= 0.6 is 0 Å². The summed E-state index contributed by atoms with van der Waals surface area (Å²) in [6.45, 7) is 7.67. The summed E-state index contributed by atoms with van der Waals surface area (Å²) >= 11 is 0. The van der Waals surface area contributed by atoms with Crippen LogP contribution in [0, 0.1) is 11.8 Å². The molecule has 3 rings (SSSR count). The Kier molecular flexibility index (Phi) is 8.41. The van der Waals surface area contributed by atoms with Gasteiger partial charge in [0.15, 0.2) is 0 Å². The number of nitrogens with one attached hydrogen (secondary N) is 2. The number of amides is 5. The molecule has 5 amide bonds. The molecule has 0 aromatic rings. The second kappa shape index (κ2) is 10.6. The Bertz CT molecular complexity index is 723. The van der Waals surface area contributed by atoms with Gasteiger partial charge in [-0.05, 0) is 24.7 Å². The van der Waals surface area contributed by atoms with Crippen molar-refractivity contribution in [2.45, 2.75) is 52.6 Å². The Hall–Kier alpha value is -2.65. The summed E-state index contributed by atoms with van der Waals surface area (Å²) in [6, 6.07) is -1.40. The molecule has 3 aliphatic rings. The molecule has 2 N–H and O–H groups in total. The molecule has 0 aromatic carbocycles. The van der Waals surface area contributed by atoms with E-state index in [0.717, 1.165) is 0 Å². The highest BCUT2D eigenvalue weighted by Gasteiger charge is 2.42. The minimum Gasteiger partial charge on any atom is -0.345 e. The average Bonchev–Trinajstić information content (AvgIpc) is 2.68. The quantitative estimate of drug-likeness (QED) is 0.558. The molecular formula is C21H35N5O5. The number of carbonyl (C=O) groups excluding carboxylic acids is 5. The molecular weight excluding hydrogens is 402 g/mol. The zero-order chi connectivity index (χ0) is 23.3. The highest BCUT2D eigenvalue weighted by atomic mass is 16.2. The minimum atomic E-state index is -0.721. The first-order valence-corrected chi connectivity index (χ1v) is 10.9. The third kappa shape index (κ3) is 6.41. The van der Waals surface area contributed by atoms with Crippen LogP contribution in [0.15, 0.2) is 0 Å². The van der Waals surface area contributed by atoms with Crippen molar-refractivity contribution < 1.29 is 24.0 Å². The van der Waals surface area contributed by atoms with Gasteiger partial charge in [0.2, 0.25) is 29.5 Å². The van der Waals surface area contributed by atoms with E-state index >= 15 is 0 Å². The zero-order valence-electron chi connectivity index (χ0n) is 19.1. The van der Waals surface area contributed by atoms with E-state index in [1.54, 1.807) is 4.90 Å². The molecule has 0 aromatic heterocycles. The number of rotatable bonds is 4. The van der Waals surface area contributed by atoms with E-state index in [1.165, 1.54) is 16.8 Å². The van der Waals surface area contributed by atoms with Gasteiger partial charge in [0, 0.05) is 20.1 Å². The average molecular weight is 438 g/mol. The van der Waals surface area contributed by atoms with Crippen LogP contribution in [0.2, 0.25) is 0 Å². The molecule has 0 radical (unpaired) electrons. The van der Waals surface area contributed by atoms with E-state index in [1.807, 2.05) is 27.7 Å². The Morgan fingerprint density at radius 1 is 0.806 bits per heavy atom. The number of likely N-dealkylation sites (N-methyl/N-ethyl adjacent to an activating group) is 1. The summed E-state index contributed by atoms with van der Waals surface area (Å²) in [5.41, 5.74) is 0. The maximum Gasteiger partial charge on any atom is 0.246 e. The fraction of sp³-hybridized carbons (Fsp3) is 0.762. The number of hydrogen-bond acceptors (Lipinski definition) is 5. The molecule has 0 spiro atoms. The lowest BCUT2D eigenvalue weighted by Gasteiger charge is -2.44. The molecule has 2 bridgehead atoms. The third-order valence-electron chi connectivity index (χ3n) is 5.57. The molecule has 10 nitrogen and oxygen atoms in total. The van der Waals surface area contributed by atoms with Crippen molar-refractivity contribution in [3.05, 3.63) is 0 Å². The van der Waals surface area contributed by atoms with Gasteiger partial charge in [-0.15, -0.1) is 0 Å². The van der Waals surface area contributed by atoms with E-state index in [9.17, 15) is 24.0 Å². The second-order valence-electron chi connectivity index (χ2n) is 9.15. The molecule has 10 heteroatoms. The van der Waals surface area contributed by atoms with Crippen LogP contribution in [0.4, 0.5) is 0 Å². The van der Waals surface area contributed by atoms with Crippen LogP contribution in [0.25, 0.3) is 0 Å². The number of nitrogens with zero attached hydrogens (tertiary/aromatic N) is 3. The summed E-state index contributed by atoms with van der Waals surface area (Å²) in [6.07, 6.45) is 0.914. The van der Waals surface area contributed by atoms with Crippen molar-refractivity contribution in [2.24, 2.45) is 11.8 Å². The number of hydrogen-bond donors (Lipinski definition) is 2. The van der Waals surface area contributed by atoms with Gasteiger partial charge >= 0.3 is 0 Å². The van der Waals surface area contributed by atoms with Gasteiger partial charge in [0.25, 0.3) is 0 Å². The molecule has 0 aliphatic carbocycles. The standard InChI is InChI=1S/C21H35N5O5/c1-13(2)8-15-20(30)23-10-17(27)22-11-18(28)24(5)12-19(29)25-6-7-26(15)21(31)16(25)9-14(3)4/h13-16H,6-12H2,1-5H3,(H,22,27)(H,23,30)/t15-,16-/m0/s1. The van der Waals surface area contributed by atoms with Crippen molar-refractivity contribution in [2.75, 3.05) is 39.8 Å². The van der Waals surface area contributed by atoms with Crippen LogP contribution in [0.1, 0.15) is 40.5 Å². The van der Waals surface area contributed by atoms with Crippen molar-refractivity contribution in [3.8, 4) is 0 Å². The SMILES string of the molecule is CC(C)C[C@H]1C(=O)N2CCN1C(=O)CN(C)C(=O)CNC(=O)CNC(=O)[C@@H]2CC(C)C. The number of carbonyl (C=O) groups is 5. The first kappa shape index (κ1) is 24.6. The van der Waals surface area contributed by atoms with Crippen molar-refractivity contribution in [1.82, 2.24) is 25.3 Å². The first-order chi connectivity index (χ1) is 14.5. The molecule has 3 aliphatic heterocycles. The Labute approximate surface area is 183 Å². The van der Waals surface area contributed by atoms with Gasteiger partial charge in [-0.3, -0.25) is 24.0 Å². The Morgan fingerprint density at radius 3 is 2.00 bits per heavy atom. The van der Waals surface area contributed by atoms with Gasteiger partial charge in [-0.25, -0.2) is 0 Å². The van der Waals surface area contributed by atoms with Crippen molar-refractivity contribution in [3.63, 3.8) is 0 Å². The number of piperazine rings is 1. The largest absolute Gasteiger partial charge is 0.345 e. The van der Waals surface area contributed by atoms with Crippen LogP contribution in [0.3, 0.4) is 0 Å². The van der Waals surface area contributed by atoms with E-state index in [4.69, 9.17) is 0 Å². The fourth-order valence-electron chi connectivity index (χ4n) is 3.95. The molecule has 3 saturated heterocycles. The Balaban J connectivity index is 2.41. The molecule has 31 heavy (non-hydrogen) atoms. The second-order valence-corrected chi connectivity index (χ2v) is 9.15. The summed E-state index contributed by atoms with van der Waals surface area (Å²) in [7, 11) is 1.49. The molecule has 0 unspecified atom stereocenters. The van der Waals surface area contributed by atoms with E-state index in [-0.39, 0.29) is 49.8 Å². The van der Waals surface area contributed by atoms with Crippen LogP contribution in [-0.4, -0.2) is 96.1 Å². The first-order valence-electron chi connectivity index (χ1n) is 10.9. The van der Waals surface area contributed by atoms with E-state index in [2.05, 4.69) is 10.6 Å². The predicted octanol–water partition coefficient (Wildman–Crippen LogP) is -0.809. The minimum absolute atomic E-state index is 0.147. The maximum atomic E-state index is 13.5. The summed E-state index contributed by atoms with van der Waals surface area (Å²) in [5.74, 6) is -1.61. The zero-order valence-corrected chi connectivity index (χ0v) is 19.1. The Morgan fingerprint density at radius 2 is 1.39 bits per heavy atom. The molecule has 3 fully saturated rings. The van der Waals surface area contributed by atoms with Crippen molar-refractivity contribution in [1.29, 1.82) is 0 Å². The number of fused-ring (bicyclic) bond motifs is 12. The van der Waals surface area contributed by atoms with Crippen LogP contribution < -0.4 is 10.6 Å². The molecule has 0 saturated carbocycles. The topological polar surface area (TPSA) is 119 Å². The normalized spacial score (nSPS) is 24.5. The highest BCUT2D eigenvalue weighted by Crippen LogP contribution is 2.23. The van der Waals surface area contributed by atoms with E-state index in [0.29, 0.717) is 19.4 Å². The third-order valence-corrected chi connectivity index (χ3v) is 5.57. The van der Waals surface area contributed by atoms with Crippen LogP contribution in [-0.2, 0) is 24.0 Å². The predicted molar refractivity (Wildman–Crippen MR) is 114 cm³/mol. The molecule has 3 heterocycles.